The number of aromatic nitrogens is 4. The molecule has 7 nitrogen and oxygen atoms in total. The van der Waals surface area contributed by atoms with Gasteiger partial charge in [0.2, 0.25) is 0 Å². The molecule has 0 saturated heterocycles. The van der Waals surface area contributed by atoms with Gasteiger partial charge in [-0.2, -0.15) is 0 Å². The maximum atomic E-state index is 12.6. The number of carbonyl (C=O) groups is 1. The maximum Gasteiger partial charge on any atom is 0.291 e. The second-order valence-electron chi connectivity index (χ2n) is 5.71. The van der Waals surface area contributed by atoms with Crippen molar-refractivity contribution in [1.29, 1.82) is 0 Å². The number of aryl methyl sites for hydroxylation is 2. The van der Waals surface area contributed by atoms with E-state index in [2.05, 4.69) is 20.8 Å². The van der Waals surface area contributed by atoms with E-state index in [1.807, 2.05) is 55.5 Å². The summed E-state index contributed by atoms with van der Waals surface area (Å²) in [5.41, 5.74) is 2.97. The molecule has 0 atom stereocenters. The highest BCUT2D eigenvalue weighted by Crippen LogP contribution is 2.26. The standard InChI is InChI=1S/C18H15N5O2/c1-11-14-8-3-4-9-15(14)25-16(11)18(24)19-13-7-5-6-12(10-13)17-20-21-22-23(17)2/h3-10H,1-2H3,(H,19,24). The smallest absolute Gasteiger partial charge is 0.291 e. The molecule has 0 bridgehead atoms. The average molecular weight is 333 g/mol. The van der Waals surface area contributed by atoms with Crippen LogP contribution in [-0.2, 0) is 7.05 Å². The first-order valence-corrected chi connectivity index (χ1v) is 7.76. The molecule has 0 unspecified atom stereocenters. The third-order valence-corrected chi connectivity index (χ3v) is 4.05. The number of anilines is 1. The van der Waals surface area contributed by atoms with Crippen LogP contribution in [0.15, 0.2) is 52.9 Å². The van der Waals surface area contributed by atoms with Gasteiger partial charge in [-0.05, 0) is 35.5 Å². The van der Waals surface area contributed by atoms with Gasteiger partial charge in [-0.25, -0.2) is 4.68 Å². The lowest BCUT2D eigenvalue weighted by Crippen LogP contribution is -2.12. The number of rotatable bonds is 3. The first-order valence-electron chi connectivity index (χ1n) is 7.76. The maximum absolute atomic E-state index is 12.6. The van der Waals surface area contributed by atoms with Crippen molar-refractivity contribution in [3.8, 4) is 11.4 Å². The molecule has 0 spiro atoms. The van der Waals surface area contributed by atoms with Crippen LogP contribution in [0, 0.1) is 6.92 Å². The van der Waals surface area contributed by atoms with Gasteiger partial charge in [0.25, 0.3) is 5.91 Å². The van der Waals surface area contributed by atoms with Crippen LogP contribution in [0.1, 0.15) is 16.1 Å². The van der Waals surface area contributed by atoms with Gasteiger partial charge in [0.15, 0.2) is 11.6 Å². The number of tetrazole rings is 1. The topological polar surface area (TPSA) is 85.8 Å². The van der Waals surface area contributed by atoms with Crippen molar-refractivity contribution >= 4 is 22.6 Å². The third-order valence-electron chi connectivity index (χ3n) is 4.05. The summed E-state index contributed by atoms with van der Waals surface area (Å²) in [5.74, 6) is 0.643. The van der Waals surface area contributed by atoms with Gasteiger partial charge in [-0.15, -0.1) is 5.10 Å². The van der Waals surface area contributed by atoms with Crippen molar-refractivity contribution in [1.82, 2.24) is 20.2 Å². The molecule has 25 heavy (non-hydrogen) atoms. The summed E-state index contributed by atoms with van der Waals surface area (Å²) in [6, 6.07) is 14.9. The normalized spacial score (nSPS) is 11.0. The van der Waals surface area contributed by atoms with Gasteiger partial charge < -0.3 is 9.73 Å². The van der Waals surface area contributed by atoms with Crippen LogP contribution >= 0.6 is 0 Å². The third kappa shape index (κ3) is 2.65. The first-order chi connectivity index (χ1) is 12.1. The summed E-state index contributed by atoms with van der Waals surface area (Å²) >= 11 is 0. The minimum absolute atomic E-state index is 0.290. The Bertz CT molecular complexity index is 1080. The molecule has 0 saturated carbocycles. The van der Waals surface area contributed by atoms with Gasteiger partial charge in [-0.1, -0.05) is 30.3 Å². The molecule has 1 N–H and O–H groups in total. The first kappa shape index (κ1) is 15.1. The zero-order valence-electron chi connectivity index (χ0n) is 13.7. The zero-order valence-corrected chi connectivity index (χ0v) is 13.7. The summed E-state index contributed by atoms with van der Waals surface area (Å²) < 4.78 is 7.28. The Morgan fingerprint density at radius 2 is 2.00 bits per heavy atom. The molecule has 124 valence electrons. The highest BCUT2D eigenvalue weighted by Gasteiger charge is 2.18. The van der Waals surface area contributed by atoms with Crippen LogP contribution in [0.4, 0.5) is 5.69 Å². The lowest BCUT2D eigenvalue weighted by molar-refractivity contribution is 0.0998. The Balaban J connectivity index is 1.64. The lowest BCUT2D eigenvalue weighted by atomic mass is 10.1. The molecule has 2 heterocycles. The van der Waals surface area contributed by atoms with E-state index in [-0.39, 0.29) is 5.91 Å². The van der Waals surface area contributed by atoms with Crippen molar-refractivity contribution in [3.05, 3.63) is 59.9 Å². The van der Waals surface area contributed by atoms with E-state index in [0.717, 1.165) is 16.5 Å². The molecule has 7 heteroatoms. The van der Waals surface area contributed by atoms with Gasteiger partial charge in [0, 0.05) is 29.2 Å². The molecule has 2 aromatic heterocycles. The van der Waals surface area contributed by atoms with Crippen LogP contribution in [0.3, 0.4) is 0 Å². The van der Waals surface area contributed by atoms with E-state index >= 15 is 0 Å². The number of carbonyl (C=O) groups excluding carboxylic acids is 1. The van der Waals surface area contributed by atoms with Crippen LogP contribution in [0.25, 0.3) is 22.4 Å². The van der Waals surface area contributed by atoms with E-state index < -0.39 is 0 Å². The second-order valence-corrected chi connectivity index (χ2v) is 5.71. The molecule has 4 rings (SSSR count). The molecule has 0 fully saturated rings. The molecular weight excluding hydrogens is 318 g/mol. The molecule has 0 radical (unpaired) electrons. The van der Waals surface area contributed by atoms with Gasteiger partial charge in [-0.3, -0.25) is 4.79 Å². The molecule has 0 aliphatic heterocycles. The average Bonchev–Trinajstić information content (AvgIpc) is 3.19. The van der Waals surface area contributed by atoms with Gasteiger partial charge in [0.05, 0.1) is 0 Å². The number of benzene rings is 2. The molecule has 2 aromatic carbocycles. The molecule has 0 aliphatic carbocycles. The van der Waals surface area contributed by atoms with Gasteiger partial charge in [0.1, 0.15) is 5.58 Å². The second kappa shape index (κ2) is 5.86. The number of amides is 1. The summed E-state index contributed by atoms with van der Waals surface area (Å²) in [4.78, 5) is 12.6. The van der Waals surface area contributed by atoms with Crippen molar-refractivity contribution in [3.63, 3.8) is 0 Å². The highest BCUT2D eigenvalue weighted by atomic mass is 16.3. The number of hydrogen-bond acceptors (Lipinski definition) is 5. The van der Waals surface area contributed by atoms with Crippen LogP contribution in [0.2, 0.25) is 0 Å². The SMILES string of the molecule is Cc1c(C(=O)Nc2cccc(-c3nnnn3C)c2)oc2ccccc12. The summed E-state index contributed by atoms with van der Waals surface area (Å²) in [6.45, 7) is 1.88. The summed E-state index contributed by atoms with van der Waals surface area (Å²) in [6.07, 6.45) is 0. The number of nitrogens with one attached hydrogen (secondary N) is 1. The lowest BCUT2D eigenvalue weighted by Gasteiger charge is -2.06. The minimum Gasteiger partial charge on any atom is -0.451 e. The van der Waals surface area contributed by atoms with E-state index in [4.69, 9.17) is 4.42 Å². The van der Waals surface area contributed by atoms with Crippen LogP contribution in [-0.4, -0.2) is 26.1 Å². The molecule has 1 amide bonds. The number of fused-ring (bicyclic) bond motifs is 1. The number of hydrogen-bond donors (Lipinski definition) is 1. The predicted octanol–water partition coefficient (Wildman–Crippen LogP) is 3.18. The van der Waals surface area contributed by atoms with Crippen molar-refractivity contribution in [2.75, 3.05) is 5.32 Å². The molecule has 0 aliphatic rings. The number of nitrogens with zero attached hydrogens (tertiary/aromatic N) is 4. The fraction of sp³-hybridized carbons (Fsp3) is 0.111. The van der Waals surface area contributed by atoms with E-state index in [1.54, 1.807) is 11.7 Å². The zero-order chi connectivity index (χ0) is 17.4. The Morgan fingerprint density at radius 3 is 2.76 bits per heavy atom. The predicted molar refractivity (Wildman–Crippen MR) is 93.1 cm³/mol. The Kier molecular flexibility index (Phi) is 3.53. The van der Waals surface area contributed by atoms with E-state index in [9.17, 15) is 4.79 Å². The quantitative estimate of drug-likeness (QED) is 0.622. The van der Waals surface area contributed by atoms with Crippen LogP contribution < -0.4 is 5.32 Å². The highest BCUT2D eigenvalue weighted by molar-refractivity contribution is 6.06. The Labute approximate surface area is 143 Å². The Hall–Kier alpha value is -3.48. The fourth-order valence-corrected chi connectivity index (χ4v) is 2.79. The van der Waals surface area contributed by atoms with Gasteiger partial charge >= 0.3 is 0 Å². The van der Waals surface area contributed by atoms with E-state index in [0.29, 0.717) is 22.9 Å². The summed E-state index contributed by atoms with van der Waals surface area (Å²) in [7, 11) is 1.76. The molecular formula is C18H15N5O2. The van der Waals surface area contributed by atoms with Crippen molar-refractivity contribution in [2.24, 2.45) is 7.05 Å². The van der Waals surface area contributed by atoms with E-state index in [1.165, 1.54) is 0 Å². The number of furan rings is 1. The monoisotopic (exact) mass is 333 g/mol. The number of para-hydroxylation sites is 1. The minimum atomic E-state index is -0.290. The van der Waals surface area contributed by atoms with Crippen molar-refractivity contribution < 1.29 is 9.21 Å². The fourth-order valence-electron chi connectivity index (χ4n) is 2.79. The Morgan fingerprint density at radius 1 is 1.16 bits per heavy atom. The van der Waals surface area contributed by atoms with Crippen LogP contribution in [0.5, 0.6) is 0 Å². The summed E-state index contributed by atoms with van der Waals surface area (Å²) in [5, 5.41) is 15.2. The van der Waals surface area contributed by atoms with Crippen molar-refractivity contribution in [2.45, 2.75) is 6.92 Å². The molecule has 4 aromatic rings. The largest absolute Gasteiger partial charge is 0.451 e.